The Hall–Kier alpha value is -1.36. The topological polar surface area (TPSA) is 63.1 Å². The molecule has 0 aliphatic heterocycles. The lowest BCUT2D eigenvalue weighted by Crippen LogP contribution is -1.99. The van der Waals surface area contributed by atoms with E-state index >= 15 is 0 Å². The normalized spacial score (nSPS) is 10.4. The molecule has 4 nitrogen and oxygen atoms in total. The first-order valence-corrected chi connectivity index (χ1v) is 5.83. The Labute approximate surface area is 117 Å². The van der Waals surface area contributed by atoms with Crippen molar-refractivity contribution < 1.29 is 9.90 Å². The van der Waals surface area contributed by atoms with Gasteiger partial charge in [-0.15, -0.1) is 0 Å². The molecule has 2 rings (SSSR count). The van der Waals surface area contributed by atoms with E-state index in [9.17, 15) is 4.79 Å². The fourth-order valence-corrected chi connectivity index (χ4v) is 1.90. The number of aromatic nitrogens is 2. The highest BCUT2D eigenvalue weighted by atomic mass is 35.5. The van der Waals surface area contributed by atoms with Gasteiger partial charge in [-0.2, -0.15) is 0 Å². The molecule has 0 aliphatic rings. The van der Waals surface area contributed by atoms with Crippen molar-refractivity contribution in [1.82, 2.24) is 9.97 Å². The van der Waals surface area contributed by atoms with Gasteiger partial charge in [0, 0.05) is 18.0 Å². The summed E-state index contributed by atoms with van der Waals surface area (Å²) in [4.78, 5) is 18.5. The van der Waals surface area contributed by atoms with Crippen LogP contribution in [0.15, 0.2) is 24.5 Å². The number of carboxylic acid groups (broad SMARTS) is 1. The van der Waals surface area contributed by atoms with Crippen molar-refractivity contribution >= 4 is 40.8 Å². The zero-order valence-corrected chi connectivity index (χ0v) is 11.0. The molecule has 0 amide bonds. The van der Waals surface area contributed by atoms with Gasteiger partial charge in [-0.05, 0) is 12.1 Å². The van der Waals surface area contributed by atoms with Crippen LogP contribution >= 0.6 is 34.8 Å². The van der Waals surface area contributed by atoms with Crippen LogP contribution in [0.25, 0.3) is 11.4 Å². The van der Waals surface area contributed by atoms with Crippen LogP contribution in [0.1, 0.15) is 10.4 Å². The minimum Gasteiger partial charge on any atom is -0.478 e. The molecule has 1 heterocycles. The van der Waals surface area contributed by atoms with Crippen molar-refractivity contribution in [3.05, 3.63) is 45.2 Å². The van der Waals surface area contributed by atoms with Gasteiger partial charge in [0.25, 0.3) is 0 Å². The second kappa shape index (κ2) is 5.10. The molecule has 0 unspecified atom stereocenters. The molecule has 0 fully saturated rings. The Balaban J connectivity index is 2.49. The van der Waals surface area contributed by atoms with Crippen molar-refractivity contribution in [1.29, 1.82) is 0 Å². The average molecular weight is 304 g/mol. The van der Waals surface area contributed by atoms with Gasteiger partial charge < -0.3 is 5.11 Å². The van der Waals surface area contributed by atoms with E-state index in [4.69, 9.17) is 39.9 Å². The molecule has 1 aromatic heterocycles. The van der Waals surface area contributed by atoms with Crippen LogP contribution in [0.5, 0.6) is 0 Å². The van der Waals surface area contributed by atoms with E-state index in [-0.39, 0.29) is 21.4 Å². The Morgan fingerprint density at radius 1 is 1.06 bits per heavy atom. The van der Waals surface area contributed by atoms with Gasteiger partial charge in [-0.1, -0.05) is 34.8 Å². The number of rotatable bonds is 2. The van der Waals surface area contributed by atoms with E-state index in [2.05, 4.69) is 9.97 Å². The first kappa shape index (κ1) is 13.1. The molecule has 0 saturated heterocycles. The second-order valence-electron chi connectivity index (χ2n) is 3.32. The number of halogens is 3. The molecule has 0 atom stereocenters. The summed E-state index contributed by atoms with van der Waals surface area (Å²) in [5.74, 6) is -0.814. The van der Waals surface area contributed by atoms with E-state index in [0.29, 0.717) is 10.6 Å². The SMILES string of the molecule is O=C(O)c1cnc(-c2ccc(Cl)c(Cl)c2Cl)nc1. The minimum absolute atomic E-state index is 0.00469. The lowest BCUT2D eigenvalue weighted by molar-refractivity contribution is 0.0696. The van der Waals surface area contributed by atoms with E-state index in [1.807, 2.05) is 0 Å². The number of nitrogens with zero attached hydrogens (tertiary/aromatic N) is 2. The molecule has 1 N–H and O–H groups in total. The van der Waals surface area contributed by atoms with Gasteiger partial charge in [-0.25, -0.2) is 14.8 Å². The minimum atomic E-state index is -1.10. The maximum Gasteiger partial charge on any atom is 0.338 e. The maximum absolute atomic E-state index is 10.7. The molecule has 0 aliphatic carbocycles. The van der Waals surface area contributed by atoms with E-state index in [1.54, 1.807) is 12.1 Å². The molecule has 7 heteroatoms. The Morgan fingerprint density at radius 3 is 2.22 bits per heavy atom. The van der Waals surface area contributed by atoms with Crippen molar-refractivity contribution in [3.8, 4) is 11.4 Å². The lowest BCUT2D eigenvalue weighted by Gasteiger charge is -2.05. The first-order valence-electron chi connectivity index (χ1n) is 4.70. The van der Waals surface area contributed by atoms with Crippen molar-refractivity contribution in [3.63, 3.8) is 0 Å². The van der Waals surface area contributed by atoms with Gasteiger partial charge in [0.1, 0.15) is 0 Å². The predicted molar refractivity (Wildman–Crippen MR) is 69.5 cm³/mol. The second-order valence-corrected chi connectivity index (χ2v) is 4.49. The Morgan fingerprint density at radius 2 is 1.67 bits per heavy atom. The van der Waals surface area contributed by atoms with Crippen molar-refractivity contribution in [2.24, 2.45) is 0 Å². The van der Waals surface area contributed by atoms with Gasteiger partial charge in [0.2, 0.25) is 0 Å². The standard InChI is InChI=1S/C11H5Cl3N2O2/c12-7-2-1-6(8(13)9(7)14)10-15-3-5(4-16-10)11(17)18/h1-4H,(H,17,18). The summed E-state index contributed by atoms with van der Waals surface area (Å²) in [6, 6.07) is 3.19. The molecule has 0 spiro atoms. The highest BCUT2D eigenvalue weighted by Gasteiger charge is 2.13. The van der Waals surface area contributed by atoms with Gasteiger partial charge in [-0.3, -0.25) is 0 Å². The molecule has 92 valence electrons. The molecule has 1 aromatic carbocycles. The average Bonchev–Trinajstić information content (AvgIpc) is 2.36. The smallest absolute Gasteiger partial charge is 0.338 e. The van der Waals surface area contributed by atoms with Gasteiger partial charge >= 0.3 is 5.97 Å². The van der Waals surface area contributed by atoms with Crippen LogP contribution in [0.3, 0.4) is 0 Å². The predicted octanol–water partition coefficient (Wildman–Crippen LogP) is 3.80. The first-order chi connectivity index (χ1) is 8.50. The summed E-state index contributed by atoms with van der Waals surface area (Å²) in [5.41, 5.74) is 0.484. The third-order valence-electron chi connectivity index (χ3n) is 2.17. The van der Waals surface area contributed by atoms with Crippen molar-refractivity contribution in [2.75, 3.05) is 0 Å². The van der Waals surface area contributed by atoms with Crippen LogP contribution in [-0.2, 0) is 0 Å². The molecular weight excluding hydrogens is 298 g/mol. The largest absolute Gasteiger partial charge is 0.478 e. The highest BCUT2D eigenvalue weighted by molar-refractivity contribution is 6.49. The van der Waals surface area contributed by atoms with Crippen LogP contribution in [0.2, 0.25) is 15.1 Å². The number of hydrogen-bond donors (Lipinski definition) is 1. The molecule has 2 aromatic rings. The summed E-state index contributed by atoms with van der Waals surface area (Å²) < 4.78 is 0. The molecule has 0 radical (unpaired) electrons. The number of hydrogen-bond acceptors (Lipinski definition) is 3. The van der Waals surface area contributed by atoms with E-state index in [1.165, 1.54) is 12.4 Å². The fourth-order valence-electron chi connectivity index (χ4n) is 1.28. The summed E-state index contributed by atoms with van der Waals surface area (Å²) in [5, 5.41) is 9.50. The van der Waals surface area contributed by atoms with Crippen LogP contribution < -0.4 is 0 Å². The van der Waals surface area contributed by atoms with E-state index < -0.39 is 5.97 Å². The number of carboxylic acids is 1. The van der Waals surface area contributed by atoms with Crippen molar-refractivity contribution in [2.45, 2.75) is 0 Å². The Bertz CT molecular complexity index is 614. The molecule has 0 saturated carbocycles. The quantitative estimate of drug-likeness (QED) is 0.857. The molecule has 0 bridgehead atoms. The van der Waals surface area contributed by atoms with Gasteiger partial charge in [0.05, 0.1) is 20.6 Å². The Kier molecular flexibility index (Phi) is 3.71. The molecule has 18 heavy (non-hydrogen) atoms. The summed E-state index contributed by atoms with van der Waals surface area (Å²) >= 11 is 17.7. The highest BCUT2D eigenvalue weighted by Crippen LogP contribution is 2.36. The summed E-state index contributed by atoms with van der Waals surface area (Å²) in [7, 11) is 0. The zero-order chi connectivity index (χ0) is 13.3. The lowest BCUT2D eigenvalue weighted by atomic mass is 10.2. The number of aromatic carboxylic acids is 1. The summed E-state index contributed by atoms with van der Waals surface area (Å²) in [6.45, 7) is 0. The maximum atomic E-state index is 10.7. The van der Waals surface area contributed by atoms with Crippen LogP contribution in [0, 0.1) is 0 Å². The number of carbonyl (C=O) groups is 1. The zero-order valence-electron chi connectivity index (χ0n) is 8.69. The fraction of sp³-hybridized carbons (Fsp3) is 0. The summed E-state index contributed by atoms with van der Waals surface area (Å²) in [6.07, 6.45) is 2.40. The van der Waals surface area contributed by atoms with Crippen LogP contribution in [-0.4, -0.2) is 21.0 Å². The monoisotopic (exact) mass is 302 g/mol. The third-order valence-corrected chi connectivity index (χ3v) is 3.47. The van der Waals surface area contributed by atoms with Gasteiger partial charge in [0.15, 0.2) is 5.82 Å². The molecular formula is C11H5Cl3N2O2. The number of benzene rings is 1. The van der Waals surface area contributed by atoms with Crippen LogP contribution in [0.4, 0.5) is 0 Å². The third kappa shape index (κ3) is 2.41. The van der Waals surface area contributed by atoms with E-state index in [0.717, 1.165) is 0 Å².